The molecule has 2 rings (SSSR count). The van der Waals surface area contributed by atoms with Gasteiger partial charge in [0.1, 0.15) is 0 Å². The van der Waals surface area contributed by atoms with Gasteiger partial charge in [0.05, 0.1) is 22.7 Å². The Morgan fingerprint density at radius 3 is 1.38 bits per heavy atom. The lowest BCUT2D eigenvalue weighted by Gasteiger charge is -2.18. The molecule has 0 aliphatic heterocycles. The van der Waals surface area contributed by atoms with Crippen LogP contribution in [0.4, 0.5) is 34.1 Å². The summed E-state index contributed by atoms with van der Waals surface area (Å²) in [6.45, 7) is 1.49. The van der Waals surface area contributed by atoms with Crippen LogP contribution in [-0.2, 0) is 10.4 Å². The predicted octanol–water partition coefficient (Wildman–Crippen LogP) is 1.85. The van der Waals surface area contributed by atoms with Crippen molar-refractivity contribution in [3.63, 3.8) is 0 Å². The van der Waals surface area contributed by atoms with Crippen LogP contribution in [0.15, 0.2) is 36.4 Å². The summed E-state index contributed by atoms with van der Waals surface area (Å²) in [4.78, 5) is 4.10. The fourth-order valence-electron chi connectivity index (χ4n) is 2.35. The molecule has 2 aromatic rings. The van der Waals surface area contributed by atoms with E-state index in [-0.39, 0.29) is 0 Å². The van der Waals surface area contributed by atoms with Gasteiger partial charge in [-0.1, -0.05) is 0 Å². The van der Waals surface area contributed by atoms with E-state index in [4.69, 9.17) is 29.0 Å². The number of hydrogen-bond acceptors (Lipinski definition) is 8. The maximum Gasteiger partial charge on any atom is 0.394 e. The lowest BCUT2D eigenvalue weighted by molar-refractivity contribution is 0.381. The normalized spacial score (nSPS) is 10.6. The Morgan fingerprint density at radius 2 is 1.10 bits per heavy atom. The first-order chi connectivity index (χ1) is 13.4. The highest BCUT2D eigenvalue weighted by molar-refractivity contribution is 7.79. The van der Waals surface area contributed by atoms with E-state index in [1.54, 1.807) is 0 Å². The molecule has 0 radical (unpaired) electrons. The van der Waals surface area contributed by atoms with Gasteiger partial charge in [0, 0.05) is 52.7 Å². The summed E-state index contributed by atoms with van der Waals surface area (Å²) < 4.78 is 31.6. The van der Waals surface area contributed by atoms with Crippen molar-refractivity contribution in [1.29, 1.82) is 0 Å². The lowest BCUT2D eigenvalue weighted by Crippen LogP contribution is -2.16. The quantitative estimate of drug-likeness (QED) is 0.219. The van der Waals surface area contributed by atoms with Crippen LogP contribution in [0.5, 0.6) is 0 Å². The number of hydrogen-bond donors (Lipinski definition) is 6. The zero-order chi connectivity index (χ0) is 22.2. The molecule has 29 heavy (non-hydrogen) atoms. The maximum absolute atomic E-state index is 8.74. The number of nitrogens with one attached hydrogen (secondary N) is 2. The molecular weight excluding hydrogens is 396 g/mol. The van der Waals surface area contributed by atoms with Crippen LogP contribution in [0.2, 0.25) is 0 Å². The Labute approximate surface area is 172 Å². The minimum Gasteiger partial charge on any atom is -0.397 e. The van der Waals surface area contributed by atoms with E-state index < -0.39 is 10.4 Å². The van der Waals surface area contributed by atoms with Crippen molar-refractivity contribution in [2.24, 2.45) is 0 Å². The molecule has 10 nitrogen and oxygen atoms in total. The van der Waals surface area contributed by atoms with Gasteiger partial charge < -0.3 is 31.9 Å². The summed E-state index contributed by atoms with van der Waals surface area (Å²) in [5.41, 5.74) is 17.7. The molecule has 0 atom stereocenters. The van der Waals surface area contributed by atoms with Crippen LogP contribution in [0.25, 0.3) is 0 Å². The molecule has 162 valence electrons. The molecule has 11 heteroatoms. The van der Waals surface area contributed by atoms with E-state index in [1.807, 2.05) is 52.5 Å². The van der Waals surface area contributed by atoms with Gasteiger partial charge in [-0.15, -0.1) is 0 Å². The zero-order valence-corrected chi connectivity index (χ0v) is 17.9. The van der Waals surface area contributed by atoms with Gasteiger partial charge in [0.2, 0.25) is 0 Å². The van der Waals surface area contributed by atoms with Crippen molar-refractivity contribution in [2.45, 2.75) is 0 Å². The summed E-state index contributed by atoms with van der Waals surface area (Å²) >= 11 is 0. The van der Waals surface area contributed by atoms with Crippen LogP contribution in [0.1, 0.15) is 0 Å². The Hall–Kier alpha value is -2.89. The summed E-state index contributed by atoms with van der Waals surface area (Å²) in [5.74, 6) is 0. The van der Waals surface area contributed by atoms with E-state index in [2.05, 4.69) is 32.6 Å². The van der Waals surface area contributed by atoms with E-state index in [9.17, 15) is 0 Å². The van der Waals surface area contributed by atoms with Crippen LogP contribution < -0.4 is 31.9 Å². The summed E-state index contributed by atoms with van der Waals surface area (Å²) in [6, 6.07) is 12.0. The standard InChI is InChI=1S/C18H28N6.H2O4S/c1-23(2)13-5-7-15(19)17(11-13)21-9-10-22-18-12-14(24(3)4)6-8-16(18)20;1-5(2,3)4/h5-8,11-12,21-22H,9-10,19-20H2,1-4H3;(H2,1,2,3,4). The highest BCUT2D eigenvalue weighted by Gasteiger charge is 2.04. The molecule has 0 aliphatic rings. The van der Waals surface area contributed by atoms with E-state index in [1.165, 1.54) is 0 Å². The number of benzene rings is 2. The second kappa shape index (κ2) is 10.6. The molecule has 0 amide bonds. The van der Waals surface area contributed by atoms with Gasteiger partial charge in [-0.05, 0) is 36.4 Å². The van der Waals surface area contributed by atoms with Gasteiger partial charge in [-0.3, -0.25) is 9.11 Å². The number of nitrogen functional groups attached to an aromatic ring is 2. The first-order valence-electron chi connectivity index (χ1n) is 8.70. The van der Waals surface area contributed by atoms with E-state index in [0.717, 1.165) is 47.2 Å². The van der Waals surface area contributed by atoms with Crippen molar-refractivity contribution >= 4 is 44.5 Å². The van der Waals surface area contributed by atoms with Gasteiger partial charge in [-0.25, -0.2) is 0 Å². The molecule has 0 heterocycles. The fourth-order valence-corrected chi connectivity index (χ4v) is 2.35. The first-order valence-corrected chi connectivity index (χ1v) is 10.1. The Bertz CT molecular complexity index is 836. The summed E-state index contributed by atoms with van der Waals surface area (Å²) in [5, 5.41) is 6.74. The van der Waals surface area contributed by atoms with Crippen molar-refractivity contribution < 1.29 is 17.5 Å². The van der Waals surface area contributed by atoms with E-state index in [0.29, 0.717) is 0 Å². The lowest BCUT2D eigenvalue weighted by atomic mass is 10.2. The van der Waals surface area contributed by atoms with Crippen LogP contribution >= 0.6 is 0 Å². The Morgan fingerprint density at radius 1 is 0.793 bits per heavy atom. The van der Waals surface area contributed by atoms with Gasteiger partial charge >= 0.3 is 10.4 Å². The molecule has 0 aliphatic carbocycles. The SMILES string of the molecule is CN(C)c1ccc(N)c(NCCNc2cc(N(C)C)ccc2N)c1.O=S(=O)(O)O. The highest BCUT2D eigenvalue weighted by Crippen LogP contribution is 2.25. The largest absolute Gasteiger partial charge is 0.397 e. The first kappa shape index (κ1) is 24.1. The molecule has 0 saturated carbocycles. The number of rotatable bonds is 7. The van der Waals surface area contributed by atoms with Crippen LogP contribution in [0.3, 0.4) is 0 Å². The topological polar surface area (TPSA) is 157 Å². The molecule has 0 unspecified atom stereocenters. The van der Waals surface area contributed by atoms with Gasteiger partial charge in [-0.2, -0.15) is 8.42 Å². The molecule has 0 aromatic heterocycles. The molecule has 8 N–H and O–H groups in total. The summed E-state index contributed by atoms with van der Waals surface area (Å²) in [7, 11) is 3.38. The maximum atomic E-state index is 8.74. The Balaban J connectivity index is 0.000000749. The second-order valence-corrected chi connectivity index (χ2v) is 7.53. The van der Waals surface area contributed by atoms with Crippen molar-refractivity contribution in [3.8, 4) is 0 Å². The fraction of sp³-hybridized carbons (Fsp3) is 0.333. The number of nitrogens with two attached hydrogens (primary N) is 2. The highest BCUT2D eigenvalue weighted by atomic mass is 32.3. The third-order valence-electron chi connectivity index (χ3n) is 3.86. The smallest absolute Gasteiger partial charge is 0.394 e. The predicted molar refractivity (Wildman–Crippen MR) is 122 cm³/mol. The van der Waals surface area contributed by atoms with Gasteiger partial charge in [0.15, 0.2) is 0 Å². The second-order valence-electron chi connectivity index (χ2n) is 6.63. The van der Waals surface area contributed by atoms with Crippen molar-refractivity contribution in [3.05, 3.63) is 36.4 Å². The molecule has 0 bridgehead atoms. The summed E-state index contributed by atoms with van der Waals surface area (Å²) in [6.07, 6.45) is 0. The average Bonchev–Trinajstić information content (AvgIpc) is 2.59. The third-order valence-corrected chi connectivity index (χ3v) is 3.86. The molecule has 0 saturated heterocycles. The molecule has 0 spiro atoms. The molecular formula is C18H30N6O4S. The number of nitrogens with zero attached hydrogens (tertiary/aromatic N) is 2. The number of anilines is 6. The monoisotopic (exact) mass is 426 g/mol. The van der Waals surface area contributed by atoms with Crippen molar-refractivity contribution in [2.75, 3.05) is 73.2 Å². The average molecular weight is 427 g/mol. The third kappa shape index (κ3) is 9.23. The minimum absolute atomic E-state index is 0.743. The zero-order valence-electron chi connectivity index (χ0n) is 17.0. The molecule has 2 aromatic carbocycles. The van der Waals surface area contributed by atoms with Crippen LogP contribution in [-0.4, -0.2) is 58.8 Å². The minimum atomic E-state index is -4.67. The van der Waals surface area contributed by atoms with Crippen LogP contribution in [0, 0.1) is 0 Å². The van der Waals surface area contributed by atoms with E-state index >= 15 is 0 Å². The Kier molecular flexibility index (Phi) is 8.83. The van der Waals surface area contributed by atoms with Crippen molar-refractivity contribution in [1.82, 2.24) is 0 Å². The molecule has 0 fully saturated rings. The van der Waals surface area contributed by atoms with Gasteiger partial charge in [0.25, 0.3) is 0 Å².